The highest BCUT2D eigenvalue weighted by Crippen LogP contribution is 2.27. The van der Waals surface area contributed by atoms with E-state index in [1.165, 1.54) is 11.8 Å². The van der Waals surface area contributed by atoms with Crippen LogP contribution in [0, 0.1) is 5.92 Å². The summed E-state index contributed by atoms with van der Waals surface area (Å²) in [4.78, 5) is 6.65. The highest BCUT2D eigenvalue weighted by atomic mass is 35.5. The van der Waals surface area contributed by atoms with Crippen LogP contribution in [0.15, 0.2) is 40.0 Å². The smallest absolute Gasteiger partial charge is 0.256 e. The number of hydrogen-bond acceptors (Lipinski definition) is 7. The molecule has 0 N–H and O–H groups in total. The molecule has 0 atom stereocenters. The number of piperidine rings is 1. The monoisotopic (exact) mass is 404 g/mol. The fourth-order valence-corrected chi connectivity index (χ4v) is 3.80. The minimum atomic E-state index is 0.430. The van der Waals surface area contributed by atoms with Crippen molar-refractivity contribution in [3.05, 3.63) is 35.5 Å². The molecule has 0 spiro atoms. The Morgan fingerprint density at radius 2 is 2.07 bits per heavy atom. The molecule has 0 unspecified atom stereocenters. The Morgan fingerprint density at radius 1 is 1.22 bits per heavy atom. The number of hydrogen-bond donors (Lipinski definition) is 0. The quantitative estimate of drug-likeness (QED) is 0.552. The minimum absolute atomic E-state index is 0.430. The third-order valence-electron chi connectivity index (χ3n) is 4.87. The van der Waals surface area contributed by atoms with Gasteiger partial charge in [0.25, 0.3) is 5.22 Å². The predicted molar refractivity (Wildman–Crippen MR) is 108 cm³/mol. The molecule has 6 nitrogen and oxygen atoms in total. The lowest BCUT2D eigenvalue weighted by atomic mass is 9.94. The van der Waals surface area contributed by atoms with E-state index in [9.17, 15) is 0 Å². The molecule has 1 aliphatic heterocycles. The molecule has 142 valence electrons. The summed E-state index contributed by atoms with van der Waals surface area (Å²) in [6.07, 6.45) is 5.26. The van der Waals surface area contributed by atoms with Gasteiger partial charge in [-0.1, -0.05) is 23.4 Å². The minimum Gasteiger partial charge on any atom is -0.493 e. The van der Waals surface area contributed by atoms with Gasteiger partial charge in [0.2, 0.25) is 0 Å². The zero-order chi connectivity index (χ0) is 18.6. The summed E-state index contributed by atoms with van der Waals surface area (Å²) in [5, 5.41) is 9.20. The average Bonchev–Trinajstić information content (AvgIpc) is 3.12. The molecule has 0 amide bonds. The van der Waals surface area contributed by atoms with Crippen LogP contribution >= 0.6 is 23.4 Å². The van der Waals surface area contributed by atoms with Crippen LogP contribution in [-0.4, -0.2) is 41.1 Å². The molecule has 0 radical (unpaired) electrons. The molecule has 8 heteroatoms. The molecule has 0 bridgehead atoms. The molecule has 1 aromatic carbocycles. The summed E-state index contributed by atoms with van der Waals surface area (Å²) in [6.45, 7) is 2.69. The maximum Gasteiger partial charge on any atom is 0.256 e. The highest BCUT2D eigenvalue weighted by Gasteiger charge is 2.20. The summed E-state index contributed by atoms with van der Waals surface area (Å²) < 4.78 is 11.6. The highest BCUT2D eigenvalue weighted by molar-refractivity contribution is 7.98. The summed E-state index contributed by atoms with van der Waals surface area (Å²) in [6, 6.07) is 9.54. The van der Waals surface area contributed by atoms with Gasteiger partial charge in [-0.05, 0) is 55.7 Å². The number of nitrogens with zero attached hydrogens (tertiary/aromatic N) is 4. The zero-order valence-electron chi connectivity index (χ0n) is 15.1. The van der Waals surface area contributed by atoms with E-state index in [0.29, 0.717) is 22.9 Å². The number of fused-ring (bicyclic) bond motifs is 1. The number of oxazole rings is 1. The molecule has 1 aliphatic rings. The lowest BCUT2D eigenvalue weighted by Crippen LogP contribution is -2.34. The lowest BCUT2D eigenvalue weighted by Gasteiger charge is -2.32. The number of thioether (sulfide) groups is 1. The first-order valence-corrected chi connectivity index (χ1v) is 10.6. The van der Waals surface area contributed by atoms with Crippen molar-refractivity contribution in [2.24, 2.45) is 5.92 Å². The Bertz CT molecular complexity index is 894. The summed E-state index contributed by atoms with van der Waals surface area (Å²) >= 11 is 7.30. The molecule has 27 heavy (non-hydrogen) atoms. The molecule has 3 aromatic rings. The number of aromatic nitrogens is 3. The second kappa shape index (κ2) is 8.35. The van der Waals surface area contributed by atoms with Crippen molar-refractivity contribution in [1.29, 1.82) is 0 Å². The van der Waals surface area contributed by atoms with Gasteiger partial charge >= 0.3 is 0 Å². The van der Waals surface area contributed by atoms with Gasteiger partial charge in [0.05, 0.1) is 6.61 Å². The Hall–Kier alpha value is -1.99. The number of halogens is 1. The maximum absolute atomic E-state index is 5.94. The van der Waals surface area contributed by atoms with Crippen LogP contribution in [0.5, 0.6) is 5.75 Å². The van der Waals surface area contributed by atoms with E-state index in [-0.39, 0.29) is 0 Å². The Kier molecular flexibility index (Phi) is 5.69. The summed E-state index contributed by atoms with van der Waals surface area (Å²) in [5.74, 6) is 2.40. The fourth-order valence-electron chi connectivity index (χ4n) is 3.33. The van der Waals surface area contributed by atoms with Gasteiger partial charge in [-0.15, -0.1) is 10.2 Å². The third kappa shape index (κ3) is 4.47. The van der Waals surface area contributed by atoms with Crippen LogP contribution in [0.4, 0.5) is 5.82 Å². The molecular formula is C19H21ClN4O2S. The van der Waals surface area contributed by atoms with E-state index in [4.69, 9.17) is 20.8 Å². The standard InChI is InChI=1S/C19H21ClN4O2S/c1-27-19-21-15-3-2-14(12-16(15)26-19)25-11-8-13-6-9-24(10-7-13)18-5-4-17(20)22-23-18/h2-5,12-13H,6-11H2,1H3. The van der Waals surface area contributed by atoms with Crippen molar-refractivity contribution in [1.82, 2.24) is 15.2 Å². The zero-order valence-corrected chi connectivity index (χ0v) is 16.7. The van der Waals surface area contributed by atoms with E-state index >= 15 is 0 Å². The second-order valence-electron chi connectivity index (χ2n) is 6.60. The van der Waals surface area contributed by atoms with Crippen LogP contribution < -0.4 is 9.64 Å². The first-order valence-electron chi connectivity index (χ1n) is 9.03. The lowest BCUT2D eigenvalue weighted by molar-refractivity contribution is 0.258. The predicted octanol–water partition coefficient (Wildman–Crippen LogP) is 4.68. The van der Waals surface area contributed by atoms with Gasteiger partial charge in [0, 0.05) is 19.2 Å². The summed E-state index contributed by atoms with van der Waals surface area (Å²) in [7, 11) is 0. The Balaban J connectivity index is 1.25. The van der Waals surface area contributed by atoms with Crippen molar-refractivity contribution < 1.29 is 9.15 Å². The number of ether oxygens (including phenoxy) is 1. The van der Waals surface area contributed by atoms with E-state index in [1.807, 2.05) is 30.5 Å². The molecule has 1 fully saturated rings. The van der Waals surface area contributed by atoms with Crippen molar-refractivity contribution >= 4 is 40.3 Å². The van der Waals surface area contributed by atoms with E-state index in [1.54, 1.807) is 6.07 Å². The molecular weight excluding hydrogens is 384 g/mol. The van der Waals surface area contributed by atoms with Crippen molar-refractivity contribution in [2.45, 2.75) is 24.5 Å². The van der Waals surface area contributed by atoms with E-state index < -0.39 is 0 Å². The number of benzene rings is 1. The third-order valence-corrected chi connectivity index (χ3v) is 5.59. The molecule has 3 heterocycles. The van der Waals surface area contributed by atoms with Gasteiger partial charge in [0.15, 0.2) is 16.6 Å². The van der Waals surface area contributed by atoms with Crippen LogP contribution in [0.25, 0.3) is 11.1 Å². The van der Waals surface area contributed by atoms with Gasteiger partial charge in [-0.2, -0.15) is 0 Å². The maximum atomic E-state index is 5.94. The van der Waals surface area contributed by atoms with Crippen LogP contribution in [0.1, 0.15) is 19.3 Å². The van der Waals surface area contributed by atoms with E-state index in [2.05, 4.69) is 20.1 Å². The van der Waals surface area contributed by atoms with Crippen molar-refractivity contribution in [3.63, 3.8) is 0 Å². The van der Waals surface area contributed by atoms with E-state index in [0.717, 1.165) is 55.0 Å². The SMILES string of the molecule is CSc1nc2ccc(OCCC3CCN(c4ccc(Cl)nn4)CC3)cc2o1. The first-order chi connectivity index (χ1) is 13.2. The van der Waals surface area contributed by atoms with Crippen LogP contribution in [0.3, 0.4) is 0 Å². The molecule has 4 rings (SSSR count). The first kappa shape index (κ1) is 18.4. The molecule has 2 aromatic heterocycles. The average molecular weight is 405 g/mol. The van der Waals surface area contributed by atoms with Gasteiger partial charge in [-0.25, -0.2) is 4.98 Å². The normalized spacial score (nSPS) is 15.4. The van der Waals surface area contributed by atoms with Crippen molar-refractivity contribution in [2.75, 3.05) is 30.9 Å². The number of anilines is 1. The second-order valence-corrected chi connectivity index (χ2v) is 7.74. The van der Waals surface area contributed by atoms with Crippen molar-refractivity contribution in [3.8, 4) is 5.75 Å². The van der Waals surface area contributed by atoms with Gasteiger partial charge < -0.3 is 14.1 Å². The molecule has 0 aliphatic carbocycles. The van der Waals surface area contributed by atoms with Crippen LogP contribution in [0.2, 0.25) is 5.15 Å². The fraction of sp³-hybridized carbons (Fsp3) is 0.421. The topological polar surface area (TPSA) is 64.3 Å². The largest absolute Gasteiger partial charge is 0.493 e. The number of rotatable bonds is 6. The Labute approximate surface area is 167 Å². The summed E-state index contributed by atoms with van der Waals surface area (Å²) in [5.41, 5.74) is 1.64. The van der Waals surface area contributed by atoms with Gasteiger partial charge in [-0.3, -0.25) is 0 Å². The Morgan fingerprint density at radius 3 is 2.81 bits per heavy atom. The van der Waals surface area contributed by atoms with Gasteiger partial charge in [0.1, 0.15) is 11.3 Å². The molecule has 1 saturated heterocycles. The van der Waals surface area contributed by atoms with Crippen LogP contribution in [-0.2, 0) is 0 Å². The molecule has 0 saturated carbocycles.